The number of halogens is 4. The smallest absolute Gasteiger partial charge is 0.381 e. The molecule has 0 N–H and O–H groups in total. The van der Waals surface area contributed by atoms with Gasteiger partial charge >= 0.3 is 6.18 Å². The Hall–Kier alpha value is -4.31. The number of aromatic nitrogens is 1. The van der Waals surface area contributed by atoms with Gasteiger partial charge in [-0.25, -0.2) is 14.4 Å². The first-order chi connectivity index (χ1) is 20.1. The molecular weight excluding hydrogens is 548 g/mol. The molecule has 2 aromatic carbocycles. The van der Waals surface area contributed by atoms with Gasteiger partial charge in [-0.1, -0.05) is 37.4 Å². The maximum Gasteiger partial charge on any atom is 0.419 e. The quantitative estimate of drug-likeness (QED) is 0.282. The van der Waals surface area contributed by atoms with Crippen molar-refractivity contribution in [2.24, 2.45) is 4.99 Å². The second-order valence-corrected chi connectivity index (χ2v) is 10.2. The molecule has 1 fully saturated rings. The standard InChI is InChI=1S/C32H30F4N4O2/c1-4-22-7-10-24(11-8-22)40-20(2)26-6-5-15-37-30(26)38-31(40)21(3)39(25-13-16-42-17-14-25)29(41)19-23-9-12-28(33)27(18-23)32(34,35)36/h4-12,15,18,21,25H,1-2,13-14,16-17,19H2,3H3. The molecule has 42 heavy (non-hydrogen) atoms. The van der Waals surface area contributed by atoms with E-state index in [1.165, 1.54) is 6.07 Å². The van der Waals surface area contributed by atoms with Crippen LogP contribution in [0.2, 0.25) is 0 Å². The number of nitrogens with zero attached hydrogens (tertiary/aromatic N) is 4. The molecule has 0 bridgehead atoms. The van der Waals surface area contributed by atoms with E-state index in [0.29, 0.717) is 49.5 Å². The summed E-state index contributed by atoms with van der Waals surface area (Å²) >= 11 is 0. The molecule has 3 aromatic rings. The van der Waals surface area contributed by atoms with Crippen LogP contribution in [0.1, 0.15) is 42.0 Å². The van der Waals surface area contributed by atoms with Crippen molar-refractivity contribution in [3.05, 3.63) is 102 Å². The molecule has 1 unspecified atom stereocenters. The molecule has 10 heteroatoms. The molecule has 1 amide bonds. The van der Waals surface area contributed by atoms with Gasteiger partial charge in [-0.3, -0.25) is 9.69 Å². The van der Waals surface area contributed by atoms with E-state index in [0.717, 1.165) is 22.9 Å². The van der Waals surface area contributed by atoms with Crippen molar-refractivity contribution in [3.63, 3.8) is 0 Å². The number of alkyl halides is 3. The van der Waals surface area contributed by atoms with Crippen molar-refractivity contribution in [3.8, 4) is 0 Å². The molecule has 6 nitrogen and oxygen atoms in total. The Kier molecular flexibility index (Phi) is 8.27. The minimum atomic E-state index is -4.88. The zero-order valence-corrected chi connectivity index (χ0v) is 23.1. The maximum absolute atomic E-state index is 14.0. The summed E-state index contributed by atoms with van der Waals surface area (Å²) in [5.41, 5.74) is 1.70. The highest BCUT2D eigenvalue weighted by atomic mass is 19.4. The normalized spacial score (nSPS) is 16.5. The third kappa shape index (κ3) is 5.85. The SMILES string of the molecule is C=Cc1ccc(N2C(=C)c3cccnc3N=C2C(C)N(C(=O)Cc2ccc(F)c(C(F)(F)F)c2)C2CCOCC2)cc1. The van der Waals surface area contributed by atoms with Gasteiger partial charge in [0.25, 0.3) is 0 Å². The van der Waals surface area contributed by atoms with E-state index >= 15 is 0 Å². The summed E-state index contributed by atoms with van der Waals surface area (Å²) in [5.74, 6) is -0.840. The van der Waals surface area contributed by atoms with Crippen LogP contribution in [0, 0.1) is 5.82 Å². The minimum absolute atomic E-state index is 0.0665. The number of anilines is 1. The number of carbonyl (C=O) groups is 1. The lowest BCUT2D eigenvalue weighted by atomic mass is 9.99. The van der Waals surface area contributed by atoms with Crippen LogP contribution in [0.5, 0.6) is 0 Å². The zero-order valence-electron chi connectivity index (χ0n) is 23.1. The Labute approximate surface area is 241 Å². The summed E-state index contributed by atoms with van der Waals surface area (Å²) in [7, 11) is 0. The van der Waals surface area contributed by atoms with Gasteiger partial charge in [0, 0.05) is 36.7 Å². The monoisotopic (exact) mass is 578 g/mol. The Morgan fingerprint density at radius 2 is 1.88 bits per heavy atom. The number of carbonyl (C=O) groups excluding carboxylic acids is 1. The summed E-state index contributed by atoms with van der Waals surface area (Å²) < 4.78 is 59.7. The Balaban J connectivity index is 1.56. The molecule has 0 aliphatic carbocycles. The van der Waals surface area contributed by atoms with Crippen molar-refractivity contribution in [2.75, 3.05) is 18.1 Å². The first-order valence-corrected chi connectivity index (χ1v) is 13.6. The Morgan fingerprint density at radius 3 is 2.55 bits per heavy atom. The predicted octanol–water partition coefficient (Wildman–Crippen LogP) is 7.04. The Morgan fingerprint density at radius 1 is 1.17 bits per heavy atom. The highest BCUT2D eigenvalue weighted by Gasteiger charge is 2.38. The van der Waals surface area contributed by atoms with Crippen molar-refractivity contribution < 1.29 is 27.1 Å². The highest BCUT2D eigenvalue weighted by molar-refractivity contribution is 6.15. The van der Waals surface area contributed by atoms with Crippen LogP contribution in [0.15, 0.2) is 78.9 Å². The fourth-order valence-corrected chi connectivity index (χ4v) is 5.45. The maximum atomic E-state index is 14.0. The van der Waals surface area contributed by atoms with Crippen LogP contribution in [0.25, 0.3) is 11.8 Å². The number of hydrogen-bond acceptors (Lipinski definition) is 5. The molecule has 3 heterocycles. The van der Waals surface area contributed by atoms with Gasteiger partial charge in [-0.15, -0.1) is 0 Å². The van der Waals surface area contributed by atoms with Crippen molar-refractivity contribution in [1.29, 1.82) is 0 Å². The van der Waals surface area contributed by atoms with Gasteiger partial charge in [0.2, 0.25) is 5.91 Å². The first kappa shape index (κ1) is 29.2. The van der Waals surface area contributed by atoms with Crippen LogP contribution in [0.3, 0.4) is 0 Å². The zero-order chi connectivity index (χ0) is 30.0. The summed E-state index contributed by atoms with van der Waals surface area (Å²) in [6, 6.07) is 13.1. The number of benzene rings is 2. The molecule has 1 aromatic heterocycles. The van der Waals surface area contributed by atoms with Gasteiger partial charge in [0.15, 0.2) is 5.82 Å². The van der Waals surface area contributed by atoms with Gasteiger partial charge in [-0.05, 0) is 67.3 Å². The summed E-state index contributed by atoms with van der Waals surface area (Å²) in [6.07, 6.45) is -0.773. The second kappa shape index (κ2) is 11.9. The molecule has 1 atom stereocenters. The van der Waals surface area contributed by atoms with E-state index in [1.807, 2.05) is 42.2 Å². The molecule has 0 radical (unpaired) electrons. The van der Waals surface area contributed by atoms with E-state index in [9.17, 15) is 22.4 Å². The highest BCUT2D eigenvalue weighted by Crippen LogP contribution is 2.37. The number of aliphatic imine (C=N–C) groups is 1. The molecule has 5 rings (SSSR count). The number of rotatable bonds is 7. The van der Waals surface area contributed by atoms with E-state index in [-0.39, 0.29) is 18.0 Å². The lowest BCUT2D eigenvalue weighted by molar-refractivity contribution is -0.140. The van der Waals surface area contributed by atoms with Crippen LogP contribution in [0.4, 0.5) is 29.1 Å². The largest absolute Gasteiger partial charge is 0.419 e. The number of hydrogen-bond donors (Lipinski definition) is 0. The van der Waals surface area contributed by atoms with E-state index in [2.05, 4.69) is 18.1 Å². The topological polar surface area (TPSA) is 58.0 Å². The number of pyridine rings is 1. The fourth-order valence-electron chi connectivity index (χ4n) is 5.45. The predicted molar refractivity (Wildman–Crippen MR) is 155 cm³/mol. The van der Waals surface area contributed by atoms with Gasteiger partial charge in [0.1, 0.15) is 11.7 Å². The second-order valence-electron chi connectivity index (χ2n) is 10.2. The lowest BCUT2D eigenvalue weighted by Crippen LogP contribution is -2.55. The van der Waals surface area contributed by atoms with Gasteiger partial charge in [-0.2, -0.15) is 13.2 Å². The third-order valence-corrected chi connectivity index (χ3v) is 7.56. The number of fused-ring (bicyclic) bond motifs is 1. The molecule has 2 aliphatic heterocycles. The average Bonchev–Trinajstić information content (AvgIpc) is 2.98. The first-order valence-electron chi connectivity index (χ1n) is 13.6. The Bertz CT molecular complexity index is 1530. The van der Waals surface area contributed by atoms with E-state index in [1.54, 1.807) is 23.2 Å². The van der Waals surface area contributed by atoms with Crippen LogP contribution in [-0.2, 0) is 22.1 Å². The molecule has 0 spiro atoms. The lowest BCUT2D eigenvalue weighted by Gasteiger charge is -2.43. The summed E-state index contributed by atoms with van der Waals surface area (Å²) in [4.78, 5) is 26.8. The van der Waals surface area contributed by atoms with Crippen molar-refractivity contribution in [2.45, 2.75) is 44.4 Å². The molecule has 218 valence electrons. The third-order valence-electron chi connectivity index (χ3n) is 7.56. The minimum Gasteiger partial charge on any atom is -0.381 e. The molecular formula is C32H30F4N4O2. The van der Waals surface area contributed by atoms with Crippen LogP contribution < -0.4 is 4.90 Å². The van der Waals surface area contributed by atoms with E-state index in [4.69, 9.17) is 9.73 Å². The summed E-state index contributed by atoms with van der Waals surface area (Å²) in [5, 5.41) is 0. The van der Waals surface area contributed by atoms with E-state index < -0.39 is 29.5 Å². The molecule has 2 aliphatic rings. The summed E-state index contributed by atoms with van der Waals surface area (Å²) in [6.45, 7) is 10.9. The molecule has 0 saturated carbocycles. The van der Waals surface area contributed by atoms with Crippen molar-refractivity contribution >= 4 is 35.0 Å². The van der Waals surface area contributed by atoms with Crippen LogP contribution >= 0.6 is 0 Å². The van der Waals surface area contributed by atoms with Gasteiger partial charge in [0.05, 0.1) is 23.7 Å². The number of amidine groups is 1. The average molecular weight is 579 g/mol. The molecule has 1 saturated heterocycles. The number of ether oxygens (including phenoxy) is 1. The van der Waals surface area contributed by atoms with Crippen molar-refractivity contribution in [1.82, 2.24) is 9.88 Å². The van der Waals surface area contributed by atoms with Crippen LogP contribution in [-0.4, -0.2) is 46.9 Å². The fraction of sp³-hybridized carbons (Fsp3) is 0.281. The van der Waals surface area contributed by atoms with Gasteiger partial charge < -0.3 is 9.64 Å². The number of amides is 1.